The molecule has 2 aromatic carbocycles. The number of para-hydroxylation sites is 1. The van der Waals surface area contributed by atoms with E-state index in [1.54, 1.807) is 25.5 Å². The van der Waals surface area contributed by atoms with Gasteiger partial charge in [0.2, 0.25) is 0 Å². The summed E-state index contributed by atoms with van der Waals surface area (Å²) in [6.45, 7) is 0.463. The number of hydrazone groups is 1. The van der Waals surface area contributed by atoms with Crippen molar-refractivity contribution in [3.8, 4) is 22.6 Å². The van der Waals surface area contributed by atoms with Crippen molar-refractivity contribution < 1.29 is 24.1 Å². The molecule has 1 aromatic heterocycles. The monoisotopic (exact) mass is 523 g/mol. The molecule has 0 bridgehead atoms. The Balaban J connectivity index is 1.53. The second-order valence-corrected chi connectivity index (χ2v) is 9.00. The highest BCUT2D eigenvalue weighted by Gasteiger charge is 2.33. The SMILES string of the molecule is COc1cccc(C2OC(CCN3NN=C(CC(=O)O)N3)c3cnccc3-c3ccc(Cl)cc32)c1OC. The van der Waals surface area contributed by atoms with E-state index in [2.05, 4.69) is 21.0 Å². The molecule has 5 rings (SSSR count). The smallest absolute Gasteiger partial charge is 0.311 e. The molecule has 0 saturated carbocycles. The number of amidine groups is 1. The molecular formula is C26H26ClN5O5. The van der Waals surface area contributed by atoms with Gasteiger partial charge in [0, 0.05) is 35.1 Å². The summed E-state index contributed by atoms with van der Waals surface area (Å²) in [5.74, 6) is 0.546. The van der Waals surface area contributed by atoms with E-state index < -0.39 is 12.1 Å². The van der Waals surface area contributed by atoms with Gasteiger partial charge in [-0.05, 0) is 47.4 Å². The molecule has 11 heteroatoms. The van der Waals surface area contributed by atoms with Crippen molar-refractivity contribution in [3.05, 3.63) is 76.6 Å². The summed E-state index contributed by atoms with van der Waals surface area (Å²) in [7, 11) is 3.20. The van der Waals surface area contributed by atoms with E-state index in [4.69, 9.17) is 30.9 Å². The van der Waals surface area contributed by atoms with Gasteiger partial charge in [-0.25, -0.2) is 5.53 Å². The maximum Gasteiger partial charge on any atom is 0.311 e. The number of hydrogen-bond acceptors (Lipinski definition) is 9. The number of methoxy groups -OCH3 is 2. The predicted octanol–water partition coefficient (Wildman–Crippen LogP) is 4.08. The summed E-state index contributed by atoms with van der Waals surface area (Å²) in [5.41, 5.74) is 10.4. The van der Waals surface area contributed by atoms with Crippen molar-refractivity contribution in [2.75, 3.05) is 20.8 Å². The molecule has 2 aliphatic heterocycles. The van der Waals surface area contributed by atoms with E-state index in [0.29, 0.717) is 35.3 Å². The van der Waals surface area contributed by atoms with Crippen molar-refractivity contribution in [1.82, 2.24) is 21.1 Å². The average Bonchev–Trinajstić information content (AvgIpc) is 3.29. The Labute approximate surface area is 218 Å². The van der Waals surface area contributed by atoms with E-state index in [1.807, 2.05) is 48.7 Å². The largest absolute Gasteiger partial charge is 0.493 e. The van der Waals surface area contributed by atoms with Gasteiger partial charge in [-0.1, -0.05) is 29.8 Å². The van der Waals surface area contributed by atoms with Crippen LogP contribution in [-0.2, 0) is 9.53 Å². The lowest BCUT2D eigenvalue weighted by Gasteiger charge is -2.27. The molecule has 37 heavy (non-hydrogen) atoms. The number of fused-ring (bicyclic) bond motifs is 3. The maximum atomic E-state index is 11.0. The molecule has 0 amide bonds. The number of carboxylic acid groups (broad SMARTS) is 1. The lowest BCUT2D eigenvalue weighted by Crippen LogP contribution is -2.42. The van der Waals surface area contributed by atoms with E-state index in [9.17, 15) is 4.79 Å². The Kier molecular flexibility index (Phi) is 7.13. The molecule has 0 saturated heterocycles. The van der Waals surface area contributed by atoms with Crippen LogP contribution in [0.4, 0.5) is 0 Å². The zero-order valence-electron chi connectivity index (χ0n) is 20.3. The summed E-state index contributed by atoms with van der Waals surface area (Å²) >= 11 is 6.47. The number of nitrogens with one attached hydrogen (secondary N) is 2. The Morgan fingerprint density at radius 2 is 1.97 bits per heavy atom. The molecular weight excluding hydrogens is 498 g/mol. The van der Waals surface area contributed by atoms with Gasteiger partial charge < -0.3 is 19.3 Å². The number of hydrazine groups is 2. The van der Waals surface area contributed by atoms with Gasteiger partial charge in [-0.3, -0.25) is 15.2 Å². The summed E-state index contributed by atoms with van der Waals surface area (Å²) in [6.07, 6.45) is 3.03. The van der Waals surface area contributed by atoms with Gasteiger partial charge in [0.15, 0.2) is 17.3 Å². The Hall–Kier alpha value is -3.86. The molecule has 192 valence electrons. The number of hydrogen-bond donors (Lipinski definition) is 3. The minimum Gasteiger partial charge on any atom is -0.493 e. The van der Waals surface area contributed by atoms with Gasteiger partial charge in [0.1, 0.15) is 12.5 Å². The standard InChI is InChI=1S/C26H26ClN5O5/c1-35-22-5-3-4-18(26(22)36-2)25-19-12-15(27)6-7-16(19)17-8-10-28-14-20(17)21(37-25)9-11-32-30-23(29-31-32)13-24(33)34/h3-8,10,12,14,21,25,31H,9,11,13H2,1-2H3,(H,29,30)(H,33,34). The van der Waals surface area contributed by atoms with Crippen LogP contribution >= 0.6 is 11.6 Å². The first-order valence-electron chi connectivity index (χ1n) is 11.7. The molecule has 2 aliphatic rings. The van der Waals surface area contributed by atoms with Crippen LogP contribution in [0.3, 0.4) is 0 Å². The van der Waals surface area contributed by atoms with Crippen LogP contribution in [0.5, 0.6) is 11.5 Å². The first-order chi connectivity index (χ1) is 18.0. The van der Waals surface area contributed by atoms with Crippen LogP contribution in [0, 0.1) is 0 Å². The molecule has 2 atom stereocenters. The summed E-state index contributed by atoms with van der Waals surface area (Å²) in [6, 6.07) is 13.5. The number of rotatable bonds is 8. The molecule has 0 aliphatic carbocycles. The van der Waals surface area contributed by atoms with Gasteiger partial charge in [0.25, 0.3) is 0 Å². The van der Waals surface area contributed by atoms with Crippen LogP contribution in [0.1, 0.15) is 41.7 Å². The lowest BCUT2D eigenvalue weighted by molar-refractivity contribution is -0.135. The van der Waals surface area contributed by atoms with Gasteiger partial charge in [-0.15, -0.1) is 10.2 Å². The number of carboxylic acids is 1. The topological polar surface area (TPSA) is 118 Å². The normalized spacial score (nSPS) is 18.5. The second-order valence-electron chi connectivity index (χ2n) is 8.56. The minimum atomic E-state index is -0.964. The first kappa shape index (κ1) is 24.8. The van der Waals surface area contributed by atoms with Crippen molar-refractivity contribution in [3.63, 3.8) is 0 Å². The zero-order chi connectivity index (χ0) is 25.9. The average molecular weight is 524 g/mol. The fourth-order valence-corrected chi connectivity index (χ4v) is 4.88. The third-order valence-electron chi connectivity index (χ3n) is 6.30. The van der Waals surface area contributed by atoms with Crippen LogP contribution in [0.2, 0.25) is 5.02 Å². The van der Waals surface area contributed by atoms with E-state index in [1.165, 1.54) is 0 Å². The maximum absolute atomic E-state index is 11.0. The summed E-state index contributed by atoms with van der Waals surface area (Å²) < 4.78 is 18.2. The van der Waals surface area contributed by atoms with E-state index >= 15 is 0 Å². The molecule has 0 fully saturated rings. The number of aromatic nitrogens is 1. The molecule has 0 radical (unpaired) electrons. The molecule has 3 heterocycles. The number of ether oxygens (including phenoxy) is 3. The van der Waals surface area contributed by atoms with Crippen LogP contribution in [-0.4, -0.2) is 47.8 Å². The number of aliphatic carboxylic acids is 1. The molecule has 3 aromatic rings. The van der Waals surface area contributed by atoms with Crippen molar-refractivity contribution in [1.29, 1.82) is 0 Å². The highest BCUT2D eigenvalue weighted by molar-refractivity contribution is 6.30. The highest BCUT2D eigenvalue weighted by atomic mass is 35.5. The Bertz CT molecular complexity index is 1350. The minimum absolute atomic E-state index is 0.204. The molecule has 0 spiro atoms. The summed E-state index contributed by atoms with van der Waals surface area (Å²) in [4.78, 5) is 15.4. The predicted molar refractivity (Wildman–Crippen MR) is 137 cm³/mol. The van der Waals surface area contributed by atoms with Gasteiger partial charge in [0.05, 0.1) is 20.3 Å². The third-order valence-corrected chi connectivity index (χ3v) is 6.54. The molecule has 10 nitrogen and oxygen atoms in total. The quantitative estimate of drug-likeness (QED) is 0.401. The van der Waals surface area contributed by atoms with Gasteiger partial charge >= 0.3 is 5.97 Å². The fraction of sp³-hybridized carbons (Fsp3) is 0.269. The number of pyridine rings is 1. The second kappa shape index (κ2) is 10.6. The van der Waals surface area contributed by atoms with Gasteiger partial charge in [-0.2, -0.15) is 0 Å². The Morgan fingerprint density at radius 1 is 1.14 bits per heavy atom. The van der Waals surface area contributed by atoms with Crippen LogP contribution < -0.4 is 20.4 Å². The number of halogens is 1. The van der Waals surface area contributed by atoms with Crippen molar-refractivity contribution in [2.24, 2.45) is 5.10 Å². The van der Waals surface area contributed by atoms with Crippen molar-refractivity contribution >= 4 is 23.4 Å². The Morgan fingerprint density at radius 3 is 2.76 bits per heavy atom. The number of carbonyl (C=O) groups is 1. The molecule has 2 unspecified atom stereocenters. The molecule has 3 N–H and O–H groups in total. The lowest BCUT2D eigenvalue weighted by atomic mass is 9.91. The van der Waals surface area contributed by atoms with Crippen LogP contribution in [0.15, 0.2) is 60.0 Å². The van der Waals surface area contributed by atoms with E-state index in [0.717, 1.165) is 27.8 Å². The fourth-order valence-electron chi connectivity index (χ4n) is 4.70. The zero-order valence-corrected chi connectivity index (χ0v) is 21.0. The first-order valence-corrected chi connectivity index (χ1v) is 12.0. The number of nitrogens with zero attached hydrogens (tertiary/aromatic N) is 3. The summed E-state index contributed by atoms with van der Waals surface area (Å²) in [5, 5.41) is 15.3. The van der Waals surface area contributed by atoms with E-state index in [-0.39, 0.29) is 12.5 Å². The van der Waals surface area contributed by atoms with Crippen molar-refractivity contribution in [2.45, 2.75) is 25.0 Å². The third kappa shape index (κ3) is 5.04. The van der Waals surface area contributed by atoms with Crippen LogP contribution in [0.25, 0.3) is 11.1 Å². The number of benzene rings is 2. The highest BCUT2D eigenvalue weighted by Crippen LogP contribution is 2.48.